The zero-order chi connectivity index (χ0) is 9.78. The molecule has 0 aliphatic rings. The molecule has 0 heterocycles. The van der Waals surface area contributed by atoms with Gasteiger partial charge in [0.15, 0.2) is 0 Å². The summed E-state index contributed by atoms with van der Waals surface area (Å²) in [7, 11) is 0. The maximum atomic E-state index is 3.85. The molecule has 0 aromatic heterocycles. The summed E-state index contributed by atoms with van der Waals surface area (Å²) < 4.78 is 0. The minimum absolute atomic E-state index is 0. The summed E-state index contributed by atoms with van der Waals surface area (Å²) in [5.74, 6) is 0. The van der Waals surface area contributed by atoms with Gasteiger partial charge in [0.1, 0.15) is 0 Å². The van der Waals surface area contributed by atoms with Crippen molar-refractivity contribution >= 4 is 0 Å². The largest absolute Gasteiger partial charge is 1.00 e. The van der Waals surface area contributed by atoms with Crippen LogP contribution in [0.1, 0.15) is 77.6 Å². The minimum Gasteiger partial charge on any atom is -0.343 e. The molecule has 0 aliphatic heterocycles. The van der Waals surface area contributed by atoms with Gasteiger partial charge in [-0.1, -0.05) is 71.1 Å². The van der Waals surface area contributed by atoms with E-state index in [9.17, 15) is 0 Å². The molecule has 0 saturated heterocycles. The first kappa shape index (κ1) is 17.1. The third-order valence-electron chi connectivity index (χ3n) is 2.60. The van der Waals surface area contributed by atoms with E-state index in [4.69, 9.17) is 0 Å². The first-order chi connectivity index (χ1) is 6.41. The van der Waals surface area contributed by atoms with Crippen molar-refractivity contribution in [2.45, 2.75) is 77.6 Å². The Morgan fingerprint density at radius 2 is 1.00 bits per heavy atom. The average Bonchev–Trinajstić information content (AvgIpc) is 2.16. The van der Waals surface area contributed by atoms with Crippen LogP contribution in [0, 0.1) is 6.92 Å². The van der Waals surface area contributed by atoms with E-state index in [-0.39, 0.29) is 22.4 Å². The van der Waals surface area contributed by atoms with E-state index in [1.807, 2.05) is 0 Å². The third-order valence-corrected chi connectivity index (χ3v) is 2.60. The molecule has 0 saturated carbocycles. The summed E-state index contributed by atoms with van der Waals surface area (Å²) in [4.78, 5) is 0. The number of rotatable bonds is 10. The summed E-state index contributed by atoms with van der Waals surface area (Å²) in [6.07, 6.45) is 15.4. The average molecular weight is 380 g/mol. The predicted octanol–water partition coefficient (Wildman–Crippen LogP) is 5.13. The predicted molar refractivity (Wildman–Crippen MR) is 61.8 cm³/mol. The van der Waals surface area contributed by atoms with Crippen LogP contribution in [0.4, 0.5) is 0 Å². The van der Waals surface area contributed by atoms with Gasteiger partial charge in [0.05, 0.1) is 0 Å². The van der Waals surface area contributed by atoms with Crippen LogP contribution >= 0.6 is 0 Å². The molecule has 0 rings (SSSR count). The molecule has 0 atom stereocenters. The maximum Gasteiger partial charge on any atom is 1.00 e. The number of hydrogen-bond donors (Lipinski definition) is 0. The zero-order valence-electron chi connectivity index (χ0n) is 9.79. The van der Waals surface area contributed by atoms with Crippen molar-refractivity contribution in [3.8, 4) is 0 Å². The van der Waals surface area contributed by atoms with Crippen molar-refractivity contribution < 1.29 is 22.4 Å². The molecule has 90 valence electrons. The van der Waals surface area contributed by atoms with E-state index in [1.54, 1.807) is 0 Å². The summed E-state index contributed by atoms with van der Waals surface area (Å²) >= 11 is 0. The molecule has 0 spiro atoms. The topological polar surface area (TPSA) is 0 Å². The van der Waals surface area contributed by atoms with Gasteiger partial charge in [-0.15, -0.1) is 0 Å². The van der Waals surface area contributed by atoms with Gasteiger partial charge < -0.3 is 6.92 Å². The van der Waals surface area contributed by atoms with E-state index < -0.39 is 0 Å². The van der Waals surface area contributed by atoms with E-state index in [2.05, 4.69) is 13.8 Å². The van der Waals surface area contributed by atoms with E-state index in [0.29, 0.717) is 0 Å². The Hall–Kier alpha value is 0.740. The second-order valence-electron chi connectivity index (χ2n) is 4.04. The molecule has 0 unspecified atom stereocenters. The van der Waals surface area contributed by atoms with Gasteiger partial charge in [0.25, 0.3) is 0 Å². The van der Waals surface area contributed by atoms with Crippen LogP contribution in [-0.2, 0) is 22.4 Å². The zero-order valence-corrected chi connectivity index (χ0v) is 12.0. The first-order valence-electron chi connectivity index (χ1n) is 6.21. The molecule has 0 radical (unpaired) electrons. The van der Waals surface area contributed by atoms with Crippen molar-refractivity contribution in [2.24, 2.45) is 0 Å². The van der Waals surface area contributed by atoms with Crippen LogP contribution in [0.25, 0.3) is 0 Å². The first-order valence-corrected chi connectivity index (χ1v) is 6.21. The second kappa shape index (κ2) is 16.2. The molecule has 0 nitrogen and oxygen atoms in total. The van der Waals surface area contributed by atoms with Crippen molar-refractivity contribution in [2.75, 3.05) is 0 Å². The molecule has 0 aliphatic carbocycles. The molecule has 0 fully saturated rings. The van der Waals surface area contributed by atoms with Crippen LogP contribution in [0.5, 0.6) is 0 Å². The Balaban J connectivity index is 0. The Morgan fingerprint density at radius 1 is 0.643 bits per heavy atom. The van der Waals surface area contributed by atoms with Gasteiger partial charge in [-0.05, 0) is 0 Å². The van der Waals surface area contributed by atoms with Crippen molar-refractivity contribution in [3.05, 3.63) is 6.92 Å². The van der Waals surface area contributed by atoms with Gasteiger partial charge in [-0.25, -0.2) is 0 Å². The Kier molecular flexibility index (Phi) is 19.8. The van der Waals surface area contributed by atoms with E-state index in [1.165, 1.54) is 64.2 Å². The standard InChI is InChI=1S/C13H27.Au/c1-3-5-7-9-11-13-12-10-8-6-4-2;/h1,3-13H2,2H3;/q-1;+1. The molecule has 0 N–H and O–H groups in total. The molecular weight excluding hydrogens is 353 g/mol. The van der Waals surface area contributed by atoms with Crippen LogP contribution < -0.4 is 0 Å². The number of unbranched alkanes of at least 4 members (excludes halogenated alkanes) is 10. The molecule has 0 amide bonds. The normalized spacial score (nSPS) is 9.86. The maximum absolute atomic E-state index is 3.85. The second-order valence-corrected chi connectivity index (χ2v) is 4.04. The molecule has 0 aromatic rings. The Labute approximate surface area is 107 Å². The summed E-state index contributed by atoms with van der Waals surface area (Å²) in [5.41, 5.74) is 0. The smallest absolute Gasteiger partial charge is 0.343 e. The Bertz CT molecular complexity index is 71.3. The summed E-state index contributed by atoms with van der Waals surface area (Å²) in [5, 5.41) is 0. The number of hydrogen-bond acceptors (Lipinski definition) is 0. The van der Waals surface area contributed by atoms with Crippen LogP contribution in [0.3, 0.4) is 0 Å². The van der Waals surface area contributed by atoms with Crippen molar-refractivity contribution in [3.63, 3.8) is 0 Å². The van der Waals surface area contributed by atoms with Crippen LogP contribution in [-0.4, -0.2) is 0 Å². The van der Waals surface area contributed by atoms with E-state index >= 15 is 0 Å². The fraction of sp³-hybridized carbons (Fsp3) is 0.923. The van der Waals surface area contributed by atoms with Crippen LogP contribution in [0.2, 0.25) is 0 Å². The van der Waals surface area contributed by atoms with Crippen LogP contribution in [0.15, 0.2) is 0 Å². The third kappa shape index (κ3) is 15.2. The van der Waals surface area contributed by atoms with Gasteiger partial charge >= 0.3 is 22.4 Å². The van der Waals surface area contributed by atoms with Gasteiger partial charge in [-0.3, -0.25) is 0 Å². The minimum atomic E-state index is 0. The summed E-state index contributed by atoms with van der Waals surface area (Å²) in [6.45, 7) is 6.13. The quantitative estimate of drug-likeness (QED) is 0.280. The fourth-order valence-corrected chi connectivity index (χ4v) is 1.66. The SMILES string of the molecule is [Au+].[CH2-]CCCCCCCCCCCC. The molecule has 14 heavy (non-hydrogen) atoms. The van der Waals surface area contributed by atoms with Gasteiger partial charge in [0.2, 0.25) is 0 Å². The van der Waals surface area contributed by atoms with Crippen molar-refractivity contribution in [1.82, 2.24) is 0 Å². The van der Waals surface area contributed by atoms with Crippen molar-refractivity contribution in [1.29, 1.82) is 0 Å². The van der Waals surface area contributed by atoms with Gasteiger partial charge in [0, 0.05) is 0 Å². The molecule has 0 bridgehead atoms. The fourth-order valence-electron chi connectivity index (χ4n) is 1.66. The Morgan fingerprint density at radius 3 is 1.36 bits per heavy atom. The summed E-state index contributed by atoms with van der Waals surface area (Å²) in [6, 6.07) is 0. The van der Waals surface area contributed by atoms with E-state index in [0.717, 1.165) is 6.42 Å². The molecule has 1 heteroatoms. The molecule has 0 aromatic carbocycles. The molecular formula is C13H27Au. The monoisotopic (exact) mass is 380 g/mol. The van der Waals surface area contributed by atoms with Gasteiger partial charge in [-0.2, -0.15) is 6.42 Å².